The molecule has 1 atom stereocenters. The van der Waals surface area contributed by atoms with E-state index in [1.54, 1.807) is 4.90 Å². The molecular formula is C24H33N5O3. The molecule has 2 fully saturated rings. The van der Waals surface area contributed by atoms with Crippen molar-refractivity contribution in [3.63, 3.8) is 0 Å². The molecule has 1 N–H and O–H groups in total. The van der Waals surface area contributed by atoms with Gasteiger partial charge in [0.25, 0.3) is 0 Å². The average Bonchev–Trinajstić information content (AvgIpc) is 3.05. The van der Waals surface area contributed by atoms with Gasteiger partial charge in [-0.1, -0.05) is 25.1 Å². The Morgan fingerprint density at radius 3 is 2.59 bits per heavy atom. The number of ether oxygens (including phenoxy) is 1. The van der Waals surface area contributed by atoms with Gasteiger partial charge in [-0.05, 0) is 31.5 Å². The van der Waals surface area contributed by atoms with Gasteiger partial charge in [-0.2, -0.15) is 5.10 Å². The fourth-order valence-corrected chi connectivity index (χ4v) is 4.35. The molecule has 4 rings (SSSR count). The first-order valence-electron chi connectivity index (χ1n) is 11.4. The minimum Gasteiger partial charge on any atom is -0.379 e. The molecule has 1 aromatic heterocycles. The molecule has 2 aliphatic rings. The minimum atomic E-state index is -0.175. The van der Waals surface area contributed by atoms with Crippen molar-refractivity contribution in [2.45, 2.75) is 33.9 Å². The van der Waals surface area contributed by atoms with Crippen LogP contribution in [0.5, 0.6) is 0 Å². The number of benzene rings is 1. The maximum Gasteiger partial charge on any atom is 0.231 e. The zero-order valence-corrected chi connectivity index (χ0v) is 19.2. The molecule has 2 saturated heterocycles. The number of likely N-dealkylation sites (tertiary alicyclic amines) is 1. The highest BCUT2D eigenvalue weighted by Crippen LogP contribution is 2.23. The molecule has 0 bridgehead atoms. The first kappa shape index (κ1) is 22.5. The summed E-state index contributed by atoms with van der Waals surface area (Å²) in [5, 5.41) is 7.54. The Kier molecular flexibility index (Phi) is 6.91. The first-order chi connectivity index (χ1) is 15.4. The average molecular weight is 440 g/mol. The van der Waals surface area contributed by atoms with Gasteiger partial charge in [-0.15, -0.1) is 0 Å². The van der Waals surface area contributed by atoms with Crippen LogP contribution in [0.25, 0.3) is 0 Å². The highest BCUT2D eigenvalue weighted by atomic mass is 16.5. The van der Waals surface area contributed by atoms with Crippen molar-refractivity contribution in [3.8, 4) is 0 Å². The monoisotopic (exact) mass is 439 g/mol. The maximum atomic E-state index is 12.8. The molecule has 8 heteroatoms. The van der Waals surface area contributed by atoms with Crippen molar-refractivity contribution < 1.29 is 14.3 Å². The summed E-state index contributed by atoms with van der Waals surface area (Å²) in [6, 6.07) is 9.96. The van der Waals surface area contributed by atoms with Gasteiger partial charge in [0.1, 0.15) is 0 Å². The van der Waals surface area contributed by atoms with Gasteiger partial charge in [0, 0.05) is 44.1 Å². The summed E-state index contributed by atoms with van der Waals surface area (Å²) in [5.74, 6) is -0.286. The van der Waals surface area contributed by atoms with Crippen molar-refractivity contribution in [1.29, 1.82) is 0 Å². The number of carbonyl (C=O) groups excluding carboxylic acids is 2. The van der Waals surface area contributed by atoms with Crippen molar-refractivity contribution in [2.24, 2.45) is 11.8 Å². The van der Waals surface area contributed by atoms with Gasteiger partial charge in [-0.25, -0.2) is 0 Å². The van der Waals surface area contributed by atoms with E-state index in [1.165, 1.54) is 0 Å². The Bertz CT molecular complexity index is 960. The molecule has 172 valence electrons. The Labute approximate surface area is 189 Å². The number of hydrogen-bond acceptors (Lipinski definition) is 5. The second-order valence-corrected chi connectivity index (χ2v) is 8.99. The highest BCUT2D eigenvalue weighted by Gasteiger charge is 2.37. The fraction of sp³-hybridized carbons (Fsp3) is 0.542. The van der Waals surface area contributed by atoms with Crippen LogP contribution >= 0.6 is 0 Å². The Morgan fingerprint density at radius 1 is 1.19 bits per heavy atom. The van der Waals surface area contributed by atoms with Crippen molar-refractivity contribution in [3.05, 3.63) is 47.3 Å². The number of hydrogen-bond donors (Lipinski definition) is 1. The molecular weight excluding hydrogens is 406 g/mol. The van der Waals surface area contributed by atoms with E-state index in [2.05, 4.69) is 21.4 Å². The van der Waals surface area contributed by atoms with Crippen LogP contribution in [0.3, 0.4) is 0 Å². The van der Waals surface area contributed by atoms with Gasteiger partial charge in [0.2, 0.25) is 11.8 Å². The van der Waals surface area contributed by atoms with Crippen molar-refractivity contribution in [1.82, 2.24) is 19.6 Å². The molecule has 0 saturated carbocycles. The third-order valence-electron chi connectivity index (χ3n) is 6.31. The van der Waals surface area contributed by atoms with E-state index in [1.807, 2.05) is 49.7 Å². The molecule has 8 nitrogen and oxygen atoms in total. The smallest absolute Gasteiger partial charge is 0.231 e. The minimum absolute atomic E-state index is 0.0188. The quantitative estimate of drug-likeness (QED) is 0.715. The van der Waals surface area contributed by atoms with E-state index < -0.39 is 0 Å². The van der Waals surface area contributed by atoms with Crippen molar-refractivity contribution in [2.75, 3.05) is 44.7 Å². The number of amides is 2. The number of aromatic nitrogens is 2. The van der Waals surface area contributed by atoms with Gasteiger partial charge in [0.05, 0.1) is 37.3 Å². The third-order valence-corrected chi connectivity index (χ3v) is 6.31. The number of aryl methyl sites for hydroxylation is 2. The molecule has 2 aliphatic heterocycles. The molecule has 0 aliphatic carbocycles. The van der Waals surface area contributed by atoms with Gasteiger partial charge >= 0.3 is 0 Å². The zero-order valence-electron chi connectivity index (χ0n) is 19.2. The summed E-state index contributed by atoms with van der Waals surface area (Å²) in [6.45, 7) is 11.5. The zero-order chi connectivity index (χ0) is 22.7. The largest absolute Gasteiger partial charge is 0.379 e. The van der Waals surface area contributed by atoms with E-state index in [9.17, 15) is 9.59 Å². The van der Waals surface area contributed by atoms with Crippen LogP contribution in [0, 0.1) is 25.7 Å². The van der Waals surface area contributed by atoms with Crippen LogP contribution in [0.1, 0.15) is 23.9 Å². The summed E-state index contributed by atoms with van der Waals surface area (Å²) in [6.07, 6.45) is 0. The lowest BCUT2D eigenvalue weighted by Crippen LogP contribution is -2.56. The van der Waals surface area contributed by atoms with E-state index in [0.29, 0.717) is 19.6 Å². The predicted molar refractivity (Wildman–Crippen MR) is 122 cm³/mol. The summed E-state index contributed by atoms with van der Waals surface area (Å²) in [5.41, 5.74) is 3.97. The van der Waals surface area contributed by atoms with Crippen LogP contribution in [0.15, 0.2) is 30.3 Å². The van der Waals surface area contributed by atoms with Crippen molar-refractivity contribution >= 4 is 17.5 Å². The number of anilines is 1. The lowest BCUT2D eigenvalue weighted by Gasteiger charge is -2.39. The summed E-state index contributed by atoms with van der Waals surface area (Å²) in [7, 11) is 0. The molecule has 0 radical (unpaired) electrons. The predicted octanol–water partition coefficient (Wildman–Crippen LogP) is 2.07. The van der Waals surface area contributed by atoms with Crippen LogP contribution < -0.4 is 5.32 Å². The normalized spacial score (nSPS) is 18.3. The lowest BCUT2D eigenvalue weighted by atomic mass is 9.96. The molecule has 32 heavy (non-hydrogen) atoms. The summed E-state index contributed by atoms with van der Waals surface area (Å²) >= 11 is 0. The molecule has 1 aromatic carbocycles. The lowest BCUT2D eigenvalue weighted by molar-refractivity contribution is -0.144. The van der Waals surface area contributed by atoms with Crippen LogP contribution in [-0.4, -0.2) is 70.8 Å². The third kappa shape index (κ3) is 5.19. The number of carbonyl (C=O) groups is 2. The van der Waals surface area contributed by atoms with E-state index in [4.69, 9.17) is 4.74 Å². The molecule has 0 spiro atoms. The molecule has 2 aromatic rings. The van der Waals surface area contributed by atoms with E-state index in [-0.39, 0.29) is 23.7 Å². The first-order valence-corrected chi connectivity index (χ1v) is 11.4. The molecule has 3 heterocycles. The fourth-order valence-electron chi connectivity index (χ4n) is 4.35. The second kappa shape index (κ2) is 9.83. The summed E-state index contributed by atoms with van der Waals surface area (Å²) in [4.78, 5) is 29.7. The maximum absolute atomic E-state index is 12.8. The van der Waals surface area contributed by atoms with Crippen LogP contribution in [-0.2, 0) is 27.4 Å². The van der Waals surface area contributed by atoms with Gasteiger partial charge in [0.15, 0.2) is 0 Å². The number of nitrogens with zero attached hydrogens (tertiary/aromatic N) is 4. The van der Waals surface area contributed by atoms with Crippen LogP contribution in [0.2, 0.25) is 0 Å². The van der Waals surface area contributed by atoms with Crippen LogP contribution in [0.4, 0.5) is 5.69 Å². The Hall–Kier alpha value is -2.71. The van der Waals surface area contributed by atoms with Gasteiger partial charge in [-0.3, -0.25) is 19.2 Å². The number of para-hydroxylation sites is 1. The molecule has 1 unspecified atom stereocenters. The number of morpholine rings is 1. The highest BCUT2D eigenvalue weighted by molar-refractivity contribution is 5.95. The van der Waals surface area contributed by atoms with E-state index >= 15 is 0 Å². The number of nitrogens with one attached hydrogen (secondary N) is 1. The topological polar surface area (TPSA) is 79.7 Å². The molecule has 2 amide bonds. The number of rotatable bonds is 7. The summed E-state index contributed by atoms with van der Waals surface area (Å²) < 4.78 is 7.31. The SMILES string of the molecule is Cc1cc(C)n(CC(C)C(=O)N2CC(C(=O)Nc3ccccc3CN3CCOCC3)C2)n1. The van der Waals surface area contributed by atoms with E-state index in [0.717, 1.165) is 55.5 Å². The standard InChI is InChI=1S/C24H33N5O3/c1-17(13-29-19(3)12-18(2)26-29)24(31)28-15-21(16-28)23(30)25-22-7-5-4-6-20(22)14-27-8-10-32-11-9-27/h4-7,12,17,21H,8-11,13-16H2,1-3H3,(H,25,30). The second-order valence-electron chi connectivity index (χ2n) is 8.99. The Morgan fingerprint density at radius 2 is 1.91 bits per heavy atom. The van der Waals surface area contributed by atoms with Gasteiger partial charge < -0.3 is 15.0 Å². The Balaban J connectivity index is 1.28.